The Hall–Kier alpha value is -3.32. The van der Waals surface area contributed by atoms with Gasteiger partial charge in [-0.25, -0.2) is 14.5 Å². The molecular weight excluding hydrogens is 394 g/mol. The molecule has 6 nitrogen and oxygen atoms in total. The molecule has 0 atom stereocenters. The van der Waals surface area contributed by atoms with Gasteiger partial charge in [-0.2, -0.15) is 5.10 Å². The third-order valence-corrected chi connectivity index (χ3v) is 6.33. The lowest BCUT2D eigenvalue weighted by molar-refractivity contribution is -0.116. The highest BCUT2D eigenvalue weighted by molar-refractivity contribution is 7.18. The number of nitrogens with one attached hydrogen (secondary N) is 1. The van der Waals surface area contributed by atoms with Gasteiger partial charge in [0, 0.05) is 28.9 Å². The summed E-state index contributed by atoms with van der Waals surface area (Å²) in [5.74, 6) is -0.0138. The Kier molecular flexibility index (Phi) is 4.47. The number of fused-ring (bicyclic) bond motifs is 4. The summed E-state index contributed by atoms with van der Waals surface area (Å²) >= 11 is 1.63. The first-order valence-electron chi connectivity index (χ1n) is 9.90. The molecule has 2 aromatic carbocycles. The van der Waals surface area contributed by atoms with Crippen LogP contribution >= 0.6 is 11.3 Å². The van der Waals surface area contributed by atoms with Crippen LogP contribution in [0.1, 0.15) is 28.4 Å². The lowest BCUT2D eigenvalue weighted by Gasteiger charge is -2.11. The van der Waals surface area contributed by atoms with Crippen LogP contribution in [0.4, 0.5) is 5.69 Å². The summed E-state index contributed by atoms with van der Waals surface area (Å²) < 4.78 is 2.97. The van der Waals surface area contributed by atoms with E-state index >= 15 is 0 Å². The Morgan fingerprint density at radius 3 is 2.77 bits per heavy atom. The maximum atomic E-state index is 12.6. The van der Waals surface area contributed by atoms with Crippen molar-refractivity contribution in [1.82, 2.24) is 19.6 Å². The number of thiazole rings is 1. The van der Waals surface area contributed by atoms with E-state index in [0.717, 1.165) is 54.4 Å². The van der Waals surface area contributed by atoms with Crippen LogP contribution in [0, 0.1) is 20.8 Å². The first-order valence-corrected chi connectivity index (χ1v) is 10.7. The molecule has 1 amide bonds. The Bertz CT molecular complexity index is 1430. The van der Waals surface area contributed by atoms with Gasteiger partial charge in [-0.15, -0.1) is 11.3 Å². The van der Waals surface area contributed by atoms with Crippen LogP contribution in [0.2, 0.25) is 0 Å². The zero-order valence-corrected chi connectivity index (χ0v) is 17.9. The standard InChI is InChI=1S/C23H21N5OS/c1-13-17(14(2)28-23(24-13)18-6-4-5-7-19(18)27-28)9-11-22(29)26-16-8-10-20-21(12-16)30-15(3)25-20/h4-8,10,12H,9,11H2,1-3H3,(H,26,29). The molecule has 0 unspecified atom stereocenters. The number of hydrogen-bond acceptors (Lipinski definition) is 5. The van der Waals surface area contributed by atoms with Crippen molar-refractivity contribution in [3.05, 3.63) is 64.4 Å². The molecule has 30 heavy (non-hydrogen) atoms. The van der Waals surface area contributed by atoms with E-state index in [1.54, 1.807) is 11.3 Å². The maximum Gasteiger partial charge on any atom is 0.224 e. The lowest BCUT2D eigenvalue weighted by atomic mass is 10.1. The van der Waals surface area contributed by atoms with Gasteiger partial charge >= 0.3 is 0 Å². The van der Waals surface area contributed by atoms with Crippen molar-refractivity contribution >= 4 is 49.7 Å². The molecule has 0 aliphatic heterocycles. The van der Waals surface area contributed by atoms with Crippen molar-refractivity contribution in [2.45, 2.75) is 33.6 Å². The van der Waals surface area contributed by atoms with Gasteiger partial charge in [0.15, 0.2) is 5.65 Å². The molecule has 0 radical (unpaired) electrons. The third kappa shape index (κ3) is 3.21. The summed E-state index contributed by atoms with van der Waals surface area (Å²) in [6.07, 6.45) is 1.000. The van der Waals surface area contributed by atoms with Crippen LogP contribution in [-0.4, -0.2) is 25.5 Å². The number of carbonyl (C=O) groups excluding carboxylic acids is 1. The Labute approximate surface area is 177 Å². The molecule has 0 aliphatic rings. The van der Waals surface area contributed by atoms with Crippen LogP contribution < -0.4 is 5.32 Å². The molecule has 5 rings (SSSR count). The van der Waals surface area contributed by atoms with Gasteiger partial charge in [-0.3, -0.25) is 4.79 Å². The SMILES string of the molecule is Cc1nc2ccc(NC(=O)CCc3c(C)nc4c5ccccc5nn4c3C)cc2s1. The number of benzene rings is 2. The van der Waals surface area contributed by atoms with E-state index in [4.69, 9.17) is 10.1 Å². The van der Waals surface area contributed by atoms with Gasteiger partial charge in [-0.05, 0) is 63.1 Å². The first kappa shape index (κ1) is 18.7. The zero-order chi connectivity index (χ0) is 20.8. The van der Waals surface area contributed by atoms with Crippen molar-refractivity contribution in [1.29, 1.82) is 0 Å². The fourth-order valence-electron chi connectivity index (χ4n) is 3.92. The van der Waals surface area contributed by atoms with Crippen LogP contribution in [-0.2, 0) is 11.2 Å². The highest BCUT2D eigenvalue weighted by atomic mass is 32.1. The van der Waals surface area contributed by atoms with E-state index in [0.29, 0.717) is 12.8 Å². The fraction of sp³-hybridized carbons (Fsp3) is 0.217. The highest BCUT2D eigenvalue weighted by Crippen LogP contribution is 2.26. The summed E-state index contributed by atoms with van der Waals surface area (Å²) in [4.78, 5) is 21.8. The number of aryl methyl sites for hydroxylation is 3. The van der Waals surface area contributed by atoms with Crippen LogP contribution in [0.3, 0.4) is 0 Å². The average molecular weight is 416 g/mol. The zero-order valence-electron chi connectivity index (χ0n) is 17.1. The summed E-state index contributed by atoms with van der Waals surface area (Å²) in [5.41, 5.74) is 6.60. The molecular formula is C23H21N5OS. The second-order valence-corrected chi connectivity index (χ2v) is 8.71. The predicted octanol–water partition coefficient (Wildman–Crippen LogP) is 4.99. The Morgan fingerprint density at radius 2 is 1.90 bits per heavy atom. The monoisotopic (exact) mass is 415 g/mol. The van der Waals surface area contributed by atoms with Gasteiger partial charge < -0.3 is 5.32 Å². The molecule has 3 aromatic heterocycles. The van der Waals surface area contributed by atoms with Gasteiger partial charge in [-0.1, -0.05) is 12.1 Å². The molecule has 3 heterocycles. The molecule has 0 spiro atoms. The molecule has 0 fully saturated rings. The van der Waals surface area contributed by atoms with Crippen molar-refractivity contribution in [2.75, 3.05) is 5.32 Å². The van der Waals surface area contributed by atoms with Gasteiger partial charge in [0.2, 0.25) is 5.91 Å². The summed E-state index contributed by atoms with van der Waals surface area (Å²) in [6.45, 7) is 6.03. The van der Waals surface area contributed by atoms with Crippen LogP contribution in [0.15, 0.2) is 42.5 Å². The number of anilines is 1. The van der Waals surface area contributed by atoms with E-state index in [1.807, 2.05) is 67.8 Å². The maximum absolute atomic E-state index is 12.6. The average Bonchev–Trinajstić information content (AvgIpc) is 3.27. The largest absolute Gasteiger partial charge is 0.326 e. The van der Waals surface area contributed by atoms with Crippen molar-refractivity contribution < 1.29 is 4.79 Å². The molecule has 1 N–H and O–H groups in total. The lowest BCUT2D eigenvalue weighted by Crippen LogP contribution is -2.14. The second kappa shape index (κ2) is 7.18. The van der Waals surface area contributed by atoms with Crippen LogP contribution in [0.5, 0.6) is 0 Å². The summed E-state index contributed by atoms with van der Waals surface area (Å²) in [6, 6.07) is 13.8. The predicted molar refractivity (Wildman–Crippen MR) is 121 cm³/mol. The molecule has 0 saturated carbocycles. The number of carbonyl (C=O) groups is 1. The molecule has 7 heteroatoms. The minimum absolute atomic E-state index is 0.0138. The van der Waals surface area contributed by atoms with Crippen molar-refractivity contribution in [3.63, 3.8) is 0 Å². The Balaban J connectivity index is 1.37. The van der Waals surface area contributed by atoms with Crippen molar-refractivity contribution in [2.24, 2.45) is 0 Å². The third-order valence-electron chi connectivity index (χ3n) is 5.40. The van der Waals surface area contributed by atoms with E-state index in [9.17, 15) is 4.79 Å². The molecule has 5 aromatic rings. The number of nitrogens with zero attached hydrogens (tertiary/aromatic N) is 4. The number of aromatic nitrogens is 4. The number of amides is 1. The minimum Gasteiger partial charge on any atom is -0.326 e. The smallest absolute Gasteiger partial charge is 0.224 e. The molecule has 0 saturated heterocycles. The van der Waals surface area contributed by atoms with Gasteiger partial charge in [0.05, 0.1) is 20.7 Å². The van der Waals surface area contributed by atoms with E-state index in [1.165, 1.54) is 0 Å². The quantitative estimate of drug-likeness (QED) is 0.449. The first-order chi connectivity index (χ1) is 14.5. The van der Waals surface area contributed by atoms with Crippen LogP contribution in [0.25, 0.3) is 26.8 Å². The van der Waals surface area contributed by atoms with Gasteiger partial charge in [0.1, 0.15) is 0 Å². The van der Waals surface area contributed by atoms with E-state index in [-0.39, 0.29) is 5.91 Å². The summed E-state index contributed by atoms with van der Waals surface area (Å²) in [7, 11) is 0. The molecule has 0 aliphatic carbocycles. The second-order valence-electron chi connectivity index (χ2n) is 7.48. The van der Waals surface area contributed by atoms with E-state index in [2.05, 4.69) is 10.3 Å². The minimum atomic E-state index is -0.0138. The molecule has 0 bridgehead atoms. The van der Waals surface area contributed by atoms with Gasteiger partial charge in [0.25, 0.3) is 0 Å². The van der Waals surface area contributed by atoms with Crippen molar-refractivity contribution in [3.8, 4) is 0 Å². The topological polar surface area (TPSA) is 72.2 Å². The number of hydrogen-bond donors (Lipinski definition) is 1. The fourth-order valence-corrected chi connectivity index (χ4v) is 4.78. The molecule has 150 valence electrons. The number of rotatable bonds is 4. The summed E-state index contributed by atoms with van der Waals surface area (Å²) in [5, 5.41) is 9.76. The van der Waals surface area contributed by atoms with E-state index < -0.39 is 0 Å². The Morgan fingerprint density at radius 1 is 1.07 bits per heavy atom. The normalized spacial score (nSPS) is 11.6. The highest BCUT2D eigenvalue weighted by Gasteiger charge is 2.15.